The highest BCUT2D eigenvalue weighted by atomic mass is 35.5. The maximum absolute atomic E-state index is 13.8. The van der Waals surface area contributed by atoms with Crippen LogP contribution in [0.5, 0.6) is 0 Å². The van der Waals surface area contributed by atoms with E-state index < -0.39 is 28.5 Å². The van der Waals surface area contributed by atoms with Gasteiger partial charge in [0.25, 0.3) is 5.91 Å². The van der Waals surface area contributed by atoms with Gasteiger partial charge in [-0.2, -0.15) is 17.5 Å². The first kappa shape index (κ1) is 30.9. The van der Waals surface area contributed by atoms with E-state index in [-0.39, 0.29) is 52.7 Å². The monoisotopic (exact) mass is 642 g/mol. The summed E-state index contributed by atoms with van der Waals surface area (Å²) in [4.78, 5) is 29.6. The van der Waals surface area contributed by atoms with Crippen LogP contribution in [0, 0.1) is 11.8 Å². The molecule has 0 aromatic heterocycles. The van der Waals surface area contributed by atoms with Crippen molar-refractivity contribution in [3.63, 3.8) is 0 Å². The molecule has 1 aromatic rings. The topological polar surface area (TPSA) is 104 Å². The fraction of sp³-hybridized carbons (Fsp3) is 0.667. The molecule has 4 fully saturated rings. The van der Waals surface area contributed by atoms with Crippen molar-refractivity contribution in [1.29, 1.82) is 0 Å². The molecule has 4 aliphatic heterocycles. The Balaban J connectivity index is 1.13. The summed E-state index contributed by atoms with van der Waals surface area (Å²) in [5, 5.41) is 0.186. The Labute approximate surface area is 255 Å². The number of amides is 2. The Bertz CT molecular complexity index is 1410. The number of nitrogens with two attached hydrogens (primary N) is 1. The summed E-state index contributed by atoms with van der Waals surface area (Å²) in [5.41, 5.74) is 7.58. The number of likely N-dealkylation sites (tertiary alicyclic amines) is 1. The molecule has 0 spiro atoms. The molecule has 2 N–H and O–H groups in total. The zero-order valence-corrected chi connectivity index (χ0v) is 25.6. The maximum atomic E-state index is 13.8. The fourth-order valence-electron chi connectivity index (χ4n) is 7.58. The van der Waals surface area contributed by atoms with Crippen LogP contribution in [0.25, 0.3) is 5.57 Å². The number of hydrogen-bond acceptors (Lipinski definition) is 5. The van der Waals surface area contributed by atoms with E-state index in [2.05, 4.69) is 0 Å². The van der Waals surface area contributed by atoms with Crippen molar-refractivity contribution in [3.8, 4) is 0 Å². The third-order valence-corrected chi connectivity index (χ3v) is 12.2. The normalized spacial score (nSPS) is 28.2. The minimum absolute atomic E-state index is 0.0234. The number of benzene rings is 1. The average Bonchev–Trinajstić information content (AvgIpc) is 3.64. The fourth-order valence-corrected chi connectivity index (χ4v) is 10.2. The number of sulfonamides is 1. The van der Waals surface area contributed by atoms with Crippen LogP contribution in [0.2, 0.25) is 5.02 Å². The van der Waals surface area contributed by atoms with Gasteiger partial charge in [-0.1, -0.05) is 17.7 Å². The van der Waals surface area contributed by atoms with Crippen molar-refractivity contribution in [1.82, 2.24) is 9.21 Å². The minimum atomic E-state index is -4.15. The minimum Gasteiger partial charge on any atom is -0.366 e. The molecule has 1 aromatic carbocycles. The summed E-state index contributed by atoms with van der Waals surface area (Å²) >= 11 is 6.42. The summed E-state index contributed by atoms with van der Waals surface area (Å²) in [6.45, 7) is 1.60. The molecule has 3 saturated heterocycles. The van der Waals surface area contributed by atoms with Crippen molar-refractivity contribution in [2.75, 3.05) is 30.3 Å². The largest absolute Gasteiger partial charge is 0.389 e. The van der Waals surface area contributed by atoms with E-state index in [0.29, 0.717) is 68.1 Å². The van der Waals surface area contributed by atoms with E-state index in [0.717, 1.165) is 25.7 Å². The second-order valence-electron chi connectivity index (χ2n) is 12.9. The van der Waals surface area contributed by atoms with Crippen LogP contribution < -0.4 is 10.6 Å². The number of primary amides is 1. The van der Waals surface area contributed by atoms with Gasteiger partial charge in [0.15, 0.2) is 0 Å². The first-order valence-electron chi connectivity index (χ1n) is 15.3. The third kappa shape index (κ3) is 6.48. The number of hydrogen-bond donors (Lipinski definition) is 1. The molecule has 43 heavy (non-hydrogen) atoms. The van der Waals surface area contributed by atoms with E-state index in [1.807, 2.05) is 11.0 Å². The van der Waals surface area contributed by atoms with Gasteiger partial charge < -0.3 is 15.5 Å². The summed E-state index contributed by atoms with van der Waals surface area (Å²) in [6, 6.07) is 2.65. The average molecular weight is 643 g/mol. The summed E-state index contributed by atoms with van der Waals surface area (Å²) < 4.78 is 66.6. The lowest BCUT2D eigenvalue weighted by molar-refractivity contribution is -0.136. The van der Waals surface area contributed by atoms with Crippen molar-refractivity contribution in [2.45, 2.75) is 88.5 Å². The van der Waals surface area contributed by atoms with Gasteiger partial charge in [-0.05, 0) is 101 Å². The van der Waals surface area contributed by atoms with Gasteiger partial charge in [0.05, 0.1) is 22.0 Å². The number of alkyl halides is 3. The number of piperidine rings is 2. The number of carbonyl (C=O) groups is 2. The van der Waals surface area contributed by atoms with Crippen molar-refractivity contribution >= 4 is 44.7 Å². The number of carbonyl (C=O) groups excluding carboxylic acids is 2. The Hall–Kier alpha value is -2.15. The molecule has 0 radical (unpaired) electrons. The number of rotatable bonds is 9. The van der Waals surface area contributed by atoms with Gasteiger partial charge >= 0.3 is 6.18 Å². The number of allylic oxidation sites excluding steroid dienone is 1. The molecule has 2 unspecified atom stereocenters. The molecule has 8 nitrogen and oxygen atoms in total. The molecule has 6 rings (SSSR count). The Morgan fingerprint density at radius 2 is 1.67 bits per heavy atom. The molecule has 1 saturated carbocycles. The van der Waals surface area contributed by atoms with Crippen molar-refractivity contribution in [3.05, 3.63) is 34.4 Å². The highest BCUT2D eigenvalue weighted by Crippen LogP contribution is 2.48. The lowest BCUT2D eigenvalue weighted by Crippen LogP contribution is -2.54. The summed E-state index contributed by atoms with van der Waals surface area (Å²) in [7, 11) is -3.56. The van der Waals surface area contributed by atoms with Crippen LogP contribution in [-0.2, 0) is 14.8 Å². The molecule has 2 amide bonds. The predicted octanol–water partition coefficient (Wildman–Crippen LogP) is 4.96. The van der Waals surface area contributed by atoms with Crippen LogP contribution in [-0.4, -0.2) is 79.1 Å². The van der Waals surface area contributed by atoms with Crippen LogP contribution in [0.3, 0.4) is 0 Å². The van der Waals surface area contributed by atoms with Crippen LogP contribution in [0.1, 0.15) is 80.1 Å². The van der Waals surface area contributed by atoms with Gasteiger partial charge in [-0.15, -0.1) is 0 Å². The molecule has 236 valence electrons. The lowest BCUT2D eigenvalue weighted by Gasteiger charge is -2.42. The first-order chi connectivity index (χ1) is 20.3. The summed E-state index contributed by atoms with van der Waals surface area (Å²) in [6.07, 6.45) is 2.93. The standard InChI is InChI=1S/C30H38ClF3N4O4S/c31-26-16-27-23(15-25(26)28(35)39)24(12-18-2-3-18)29(40)37(27)22-13-20-4-5-21(14-22)38(20)43(41,42)17-19-6-10-36(11-7-19)9-1-8-30(32,33)34/h12,15-16,18-22H,1-11,13-14,17H2,(H2,35,39)/b24-12+. The first-order valence-corrected chi connectivity index (χ1v) is 17.3. The van der Waals surface area contributed by atoms with Crippen molar-refractivity contribution < 1.29 is 31.2 Å². The SMILES string of the molecule is NC(=O)c1cc2c(cc1Cl)N(C1CC3CCC(C1)N3S(=O)(=O)CC1CCN(CCCC(F)(F)F)CC1)C(=O)/C2=C/C1CC1. The Kier molecular flexibility index (Phi) is 8.36. The van der Waals surface area contributed by atoms with Gasteiger partial charge in [0.2, 0.25) is 15.9 Å². The van der Waals surface area contributed by atoms with E-state index >= 15 is 0 Å². The highest BCUT2D eigenvalue weighted by molar-refractivity contribution is 7.89. The molecule has 4 heterocycles. The molecular formula is C30H38ClF3N4O4S. The van der Waals surface area contributed by atoms with Crippen LogP contribution in [0.4, 0.5) is 18.9 Å². The number of fused-ring (bicyclic) bond motifs is 3. The Morgan fingerprint density at radius 3 is 2.26 bits per heavy atom. The molecule has 13 heteroatoms. The number of anilines is 1. The van der Waals surface area contributed by atoms with Gasteiger partial charge in [0, 0.05) is 35.7 Å². The van der Waals surface area contributed by atoms with E-state index in [1.54, 1.807) is 21.3 Å². The molecule has 2 bridgehead atoms. The quantitative estimate of drug-likeness (QED) is 0.384. The van der Waals surface area contributed by atoms with Crippen LogP contribution >= 0.6 is 11.6 Å². The zero-order chi connectivity index (χ0) is 30.7. The third-order valence-electron chi connectivity index (χ3n) is 9.79. The lowest BCUT2D eigenvalue weighted by atomic mass is 9.97. The van der Waals surface area contributed by atoms with Crippen LogP contribution in [0.15, 0.2) is 18.2 Å². The predicted molar refractivity (Wildman–Crippen MR) is 158 cm³/mol. The molecule has 5 aliphatic rings. The Morgan fingerprint density at radius 1 is 1.02 bits per heavy atom. The summed E-state index contributed by atoms with van der Waals surface area (Å²) in [5.74, 6) is -0.443. The van der Waals surface area contributed by atoms with Crippen molar-refractivity contribution in [2.24, 2.45) is 17.6 Å². The molecule has 2 atom stereocenters. The zero-order valence-electron chi connectivity index (χ0n) is 24.0. The van der Waals surface area contributed by atoms with E-state index in [4.69, 9.17) is 17.3 Å². The number of nitrogens with zero attached hydrogens (tertiary/aromatic N) is 3. The highest BCUT2D eigenvalue weighted by Gasteiger charge is 2.51. The van der Waals surface area contributed by atoms with Gasteiger partial charge in [-0.3, -0.25) is 9.59 Å². The maximum Gasteiger partial charge on any atom is 0.389 e. The van der Waals surface area contributed by atoms with Gasteiger partial charge in [-0.25, -0.2) is 8.42 Å². The van der Waals surface area contributed by atoms with Gasteiger partial charge in [0.1, 0.15) is 0 Å². The molecular weight excluding hydrogens is 605 g/mol. The van der Waals surface area contributed by atoms with E-state index in [1.165, 1.54) is 0 Å². The second-order valence-corrected chi connectivity index (χ2v) is 15.3. The smallest absolute Gasteiger partial charge is 0.366 e. The van der Waals surface area contributed by atoms with E-state index in [9.17, 15) is 31.2 Å². The second kappa shape index (κ2) is 11.7. The molecule has 1 aliphatic carbocycles. The number of halogens is 4.